The highest BCUT2D eigenvalue weighted by Gasteiger charge is 2.23. The number of amides is 2. The van der Waals surface area contributed by atoms with Crippen LogP contribution in [0.4, 0.5) is 0 Å². The third-order valence-corrected chi connectivity index (χ3v) is 4.83. The van der Waals surface area contributed by atoms with Gasteiger partial charge in [0, 0.05) is 58.3 Å². The van der Waals surface area contributed by atoms with Gasteiger partial charge < -0.3 is 20.0 Å². The summed E-state index contributed by atoms with van der Waals surface area (Å²) in [7, 11) is 3.49. The number of piperazine rings is 1. The highest BCUT2D eigenvalue weighted by molar-refractivity contribution is 6.30. The number of hydrogen-bond donors (Lipinski definition) is 1. The Morgan fingerprint density at radius 2 is 1.86 bits per heavy atom. The molecule has 0 saturated carbocycles. The van der Waals surface area contributed by atoms with Crippen molar-refractivity contribution in [2.45, 2.75) is 19.8 Å². The first-order chi connectivity index (χ1) is 13.4. The summed E-state index contributed by atoms with van der Waals surface area (Å²) >= 11 is 6.00. The van der Waals surface area contributed by atoms with Crippen molar-refractivity contribution in [1.29, 1.82) is 0 Å². The predicted octanol–water partition coefficient (Wildman–Crippen LogP) is 1.47. The zero-order valence-corrected chi connectivity index (χ0v) is 17.7. The van der Waals surface area contributed by atoms with E-state index in [1.807, 2.05) is 36.1 Å². The lowest BCUT2D eigenvalue weighted by Gasteiger charge is -2.36. The average Bonchev–Trinajstić information content (AvgIpc) is 2.67. The minimum absolute atomic E-state index is 0.0658. The van der Waals surface area contributed by atoms with E-state index in [1.165, 1.54) is 0 Å². The first-order valence-corrected chi connectivity index (χ1v) is 10.0. The Kier molecular flexibility index (Phi) is 8.57. The van der Waals surface area contributed by atoms with Crippen LogP contribution < -0.4 is 5.32 Å². The molecule has 0 unspecified atom stereocenters. The quantitative estimate of drug-likeness (QED) is 0.572. The monoisotopic (exact) mass is 407 g/mol. The molecule has 1 saturated heterocycles. The normalized spacial score (nSPS) is 14.8. The second-order valence-corrected chi connectivity index (χ2v) is 7.38. The molecule has 28 heavy (non-hydrogen) atoms. The molecule has 2 rings (SSSR count). The van der Waals surface area contributed by atoms with Crippen molar-refractivity contribution in [3.05, 3.63) is 34.9 Å². The van der Waals surface area contributed by atoms with Gasteiger partial charge in [-0.2, -0.15) is 0 Å². The molecule has 0 aromatic heterocycles. The van der Waals surface area contributed by atoms with Gasteiger partial charge in [-0.1, -0.05) is 23.7 Å². The number of carbonyl (C=O) groups is 2. The van der Waals surface area contributed by atoms with Gasteiger partial charge in [0.05, 0.1) is 13.0 Å². The molecule has 1 aromatic rings. The van der Waals surface area contributed by atoms with E-state index in [1.54, 1.807) is 19.0 Å². The van der Waals surface area contributed by atoms with Crippen LogP contribution in [0.1, 0.15) is 18.9 Å². The van der Waals surface area contributed by atoms with Gasteiger partial charge in [0.15, 0.2) is 5.96 Å². The van der Waals surface area contributed by atoms with Crippen molar-refractivity contribution in [3.63, 3.8) is 0 Å². The van der Waals surface area contributed by atoms with Gasteiger partial charge in [-0.3, -0.25) is 14.6 Å². The molecule has 154 valence electrons. The topological polar surface area (TPSA) is 68.2 Å². The smallest absolute Gasteiger partial charge is 0.227 e. The van der Waals surface area contributed by atoms with Crippen molar-refractivity contribution < 1.29 is 9.59 Å². The Morgan fingerprint density at radius 3 is 2.46 bits per heavy atom. The fraction of sp³-hybridized carbons (Fsp3) is 0.550. The number of nitrogens with one attached hydrogen (secondary N) is 1. The van der Waals surface area contributed by atoms with Crippen LogP contribution in [0.5, 0.6) is 0 Å². The lowest BCUT2D eigenvalue weighted by atomic mass is 10.1. The summed E-state index contributed by atoms with van der Waals surface area (Å²) in [6, 6.07) is 7.43. The van der Waals surface area contributed by atoms with E-state index in [2.05, 4.69) is 15.2 Å². The molecule has 1 aromatic carbocycles. The molecule has 0 bridgehead atoms. The van der Waals surface area contributed by atoms with Gasteiger partial charge in [0.25, 0.3) is 0 Å². The maximum atomic E-state index is 12.6. The summed E-state index contributed by atoms with van der Waals surface area (Å²) in [4.78, 5) is 34.5. The van der Waals surface area contributed by atoms with Gasteiger partial charge >= 0.3 is 0 Å². The third kappa shape index (κ3) is 6.71. The number of rotatable bonds is 6. The molecule has 8 heteroatoms. The molecule has 1 aliphatic heterocycles. The second-order valence-electron chi connectivity index (χ2n) is 6.95. The van der Waals surface area contributed by atoms with Crippen LogP contribution in [-0.4, -0.2) is 85.8 Å². The van der Waals surface area contributed by atoms with Gasteiger partial charge in [0.2, 0.25) is 11.8 Å². The van der Waals surface area contributed by atoms with Crippen molar-refractivity contribution in [2.24, 2.45) is 4.99 Å². The van der Waals surface area contributed by atoms with Crippen molar-refractivity contribution in [3.8, 4) is 0 Å². The van der Waals surface area contributed by atoms with E-state index >= 15 is 0 Å². The number of hydrogen-bond acceptors (Lipinski definition) is 3. The number of guanidine groups is 1. The second kappa shape index (κ2) is 10.9. The number of aliphatic imine (C=N–C) groups is 1. The van der Waals surface area contributed by atoms with Gasteiger partial charge in [-0.05, 0) is 24.6 Å². The van der Waals surface area contributed by atoms with Crippen molar-refractivity contribution >= 4 is 29.4 Å². The van der Waals surface area contributed by atoms with E-state index in [0.29, 0.717) is 37.5 Å². The molecule has 7 nitrogen and oxygen atoms in total. The lowest BCUT2D eigenvalue weighted by Crippen LogP contribution is -2.54. The maximum absolute atomic E-state index is 12.6. The summed E-state index contributed by atoms with van der Waals surface area (Å²) in [6.07, 6.45) is 0.751. The summed E-state index contributed by atoms with van der Waals surface area (Å²) < 4.78 is 0. The minimum atomic E-state index is 0.0658. The Labute approximate surface area is 172 Å². The van der Waals surface area contributed by atoms with Crippen LogP contribution in [0, 0.1) is 0 Å². The number of carbonyl (C=O) groups excluding carboxylic acids is 2. The highest BCUT2D eigenvalue weighted by Crippen LogP contribution is 2.13. The zero-order chi connectivity index (χ0) is 20.5. The molecular formula is C20H30ClN5O2. The van der Waals surface area contributed by atoms with Gasteiger partial charge in [-0.15, -0.1) is 0 Å². The number of halogens is 1. The van der Waals surface area contributed by atoms with E-state index in [-0.39, 0.29) is 11.8 Å². The van der Waals surface area contributed by atoms with Crippen LogP contribution >= 0.6 is 11.6 Å². The van der Waals surface area contributed by atoms with Crippen LogP contribution in [0.15, 0.2) is 29.3 Å². The Balaban J connectivity index is 1.87. The molecule has 1 heterocycles. The Hall–Kier alpha value is -2.28. The minimum Gasteiger partial charge on any atom is -0.357 e. The third-order valence-electron chi connectivity index (χ3n) is 4.60. The zero-order valence-electron chi connectivity index (χ0n) is 16.9. The lowest BCUT2D eigenvalue weighted by molar-refractivity contribution is -0.131. The molecular weight excluding hydrogens is 378 g/mol. The Bertz CT molecular complexity index is 700. The van der Waals surface area contributed by atoms with E-state index in [4.69, 9.17) is 11.6 Å². The van der Waals surface area contributed by atoms with Gasteiger partial charge in [0.1, 0.15) is 0 Å². The van der Waals surface area contributed by atoms with Crippen LogP contribution in [0.2, 0.25) is 5.02 Å². The molecule has 1 fully saturated rings. The highest BCUT2D eigenvalue weighted by atomic mass is 35.5. The first kappa shape index (κ1) is 22.0. The standard InChI is InChI=1S/C20H30ClN5O2/c1-4-22-20(23-9-8-18(27)24(2)3)26-12-10-25(11-13-26)19(28)15-16-6-5-7-17(21)14-16/h5-7,14H,4,8-13,15H2,1-3H3,(H,22,23). The SMILES string of the molecule is CCNC(=NCCC(=O)N(C)C)N1CCN(C(=O)Cc2cccc(Cl)c2)CC1. The maximum Gasteiger partial charge on any atom is 0.227 e. The average molecular weight is 408 g/mol. The fourth-order valence-corrected chi connectivity index (χ4v) is 3.22. The van der Waals surface area contributed by atoms with Crippen LogP contribution in [0.3, 0.4) is 0 Å². The largest absolute Gasteiger partial charge is 0.357 e. The summed E-state index contributed by atoms with van der Waals surface area (Å²) in [6.45, 7) is 5.97. The molecule has 1 aliphatic rings. The summed E-state index contributed by atoms with van der Waals surface area (Å²) in [5, 5.41) is 3.93. The van der Waals surface area contributed by atoms with E-state index < -0.39 is 0 Å². The van der Waals surface area contributed by atoms with Crippen LogP contribution in [-0.2, 0) is 16.0 Å². The predicted molar refractivity (Wildman–Crippen MR) is 113 cm³/mol. The molecule has 2 amide bonds. The first-order valence-electron chi connectivity index (χ1n) is 9.66. The molecule has 0 spiro atoms. The molecule has 0 aliphatic carbocycles. The number of benzene rings is 1. The molecule has 0 radical (unpaired) electrons. The van der Waals surface area contributed by atoms with Crippen LogP contribution in [0.25, 0.3) is 0 Å². The Morgan fingerprint density at radius 1 is 1.18 bits per heavy atom. The summed E-state index contributed by atoms with van der Waals surface area (Å²) in [5.41, 5.74) is 0.931. The fourth-order valence-electron chi connectivity index (χ4n) is 3.01. The van der Waals surface area contributed by atoms with E-state index in [9.17, 15) is 9.59 Å². The van der Waals surface area contributed by atoms with Gasteiger partial charge in [-0.25, -0.2) is 0 Å². The molecule has 1 N–H and O–H groups in total. The number of nitrogens with zero attached hydrogens (tertiary/aromatic N) is 4. The van der Waals surface area contributed by atoms with E-state index in [0.717, 1.165) is 31.2 Å². The van der Waals surface area contributed by atoms with Crippen molar-refractivity contribution in [2.75, 3.05) is 53.4 Å². The van der Waals surface area contributed by atoms with Crippen molar-refractivity contribution in [1.82, 2.24) is 20.0 Å². The summed E-state index contributed by atoms with van der Waals surface area (Å²) in [5.74, 6) is 0.979. The molecule has 0 atom stereocenters.